The molecule has 1 unspecified atom stereocenters. The van der Waals surface area contributed by atoms with E-state index in [0.717, 1.165) is 30.8 Å². The van der Waals surface area contributed by atoms with Crippen LogP contribution in [0.3, 0.4) is 0 Å². The van der Waals surface area contributed by atoms with Crippen molar-refractivity contribution in [3.05, 3.63) is 65.2 Å². The Morgan fingerprint density at radius 3 is 2.65 bits per heavy atom. The standard InChI is InChI=1S/C22H28N2O2/c1-16(2)26-21-10-6-7-18(13-21)14-23-22(25)17(3)24-12-11-19-8-4-5-9-20(19)15-24/h4-10,13,16-17H,11-12,14-15H2,1-3H3,(H,23,25). The van der Waals surface area contributed by atoms with Gasteiger partial charge in [0.2, 0.25) is 5.91 Å². The molecule has 1 aliphatic rings. The summed E-state index contributed by atoms with van der Waals surface area (Å²) in [6.45, 7) is 8.27. The molecule has 1 N–H and O–H groups in total. The Morgan fingerprint density at radius 1 is 1.12 bits per heavy atom. The van der Waals surface area contributed by atoms with Crippen molar-refractivity contribution in [2.75, 3.05) is 6.54 Å². The van der Waals surface area contributed by atoms with Gasteiger partial charge in [-0.3, -0.25) is 9.69 Å². The van der Waals surface area contributed by atoms with Gasteiger partial charge in [0.25, 0.3) is 0 Å². The molecule has 4 nitrogen and oxygen atoms in total. The van der Waals surface area contributed by atoms with Gasteiger partial charge in [-0.15, -0.1) is 0 Å². The number of nitrogens with zero attached hydrogens (tertiary/aromatic N) is 1. The topological polar surface area (TPSA) is 41.6 Å². The Morgan fingerprint density at radius 2 is 1.88 bits per heavy atom. The van der Waals surface area contributed by atoms with Crippen molar-refractivity contribution in [3.63, 3.8) is 0 Å². The minimum Gasteiger partial charge on any atom is -0.491 e. The molecule has 0 fully saturated rings. The number of fused-ring (bicyclic) bond motifs is 1. The first-order chi connectivity index (χ1) is 12.5. The molecule has 1 aliphatic heterocycles. The average Bonchev–Trinajstić information content (AvgIpc) is 2.65. The molecule has 1 amide bonds. The van der Waals surface area contributed by atoms with Gasteiger partial charge in [0.1, 0.15) is 5.75 Å². The highest BCUT2D eigenvalue weighted by Crippen LogP contribution is 2.20. The van der Waals surface area contributed by atoms with Gasteiger partial charge in [0, 0.05) is 19.6 Å². The number of hydrogen-bond acceptors (Lipinski definition) is 3. The van der Waals surface area contributed by atoms with Crippen molar-refractivity contribution in [2.24, 2.45) is 0 Å². The summed E-state index contributed by atoms with van der Waals surface area (Å²) < 4.78 is 5.72. The summed E-state index contributed by atoms with van der Waals surface area (Å²) in [5, 5.41) is 3.06. The molecule has 138 valence electrons. The summed E-state index contributed by atoms with van der Waals surface area (Å²) in [6, 6.07) is 16.3. The molecule has 26 heavy (non-hydrogen) atoms. The van der Waals surface area contributed by atoms with E-state index < -0.39 is 0 Å². The lowest BCUT2D eigenvalue weighted by Gasteiger charge is -2.32. The summed E-state index contributed by atoms with van der Waals surface area (Å²) in [6.07, 6.45) is 1.14. The molecule has 0 bridgehead atoms. The molecule has 0 saturated carbocycles. The highest BCUT2D eigenvalue weighted by atomic mass is 16.5. The minimum absolute atomic E-state index is 0.0690. The van der Waals surface area contributed by atoms with Crippen LogP contribution in [-0.2, 0) is 24.3 Å². The van der Waals surface area contributed by atoms with Crippen LogP contribution >= 0.6 is 0 Å². The van der Waals surface area contributed by atoms with Crippen LogP contribution in [0.2, 0.25) is 0 Å². The van der Waals surface area contributed by atoms with Gasteiger partial charge in [-0.05, 0) is 56.0 Å². The molecule has 2 aromatic rings. The second-order valence-electron chi connectivity index (χ2n) is 7.20. The molecule has 0 saturated heterocycles. The van der Waals surface area contributed by atoms with E-state index in [9.17, 15) is 4.79 Å². The first-order valence-electron chi connectivity index (χ1n) is 9.37. The number of amides is 1. The number of benzene rings is 2. The number of rotatable bonds is 6. The number of hydrogen-bond donors (Lipinski definition) is 1. The van der Waals surface area contributed by atoms with Crippen LogP contribution in [0.1, 0.15) is 37.5 Å². The van der Waals surface area contributed by atoms with Crippen molar-refractivity contribution in [1.82, 2.24) is 10.2 Å². The lowest BCUT2D eigenvalue weighted by atomic mass is 9.99. The van der Waals surface area contributed by atoms with Gasteiger partial charge in [0.15, 0.2) is 0 Å². The van der Waals surface area contributed by atoms with Crippen molar-refractivity contribution in [3.8, 4) is 5.75 Å². The Labute approximate surface area is 156 Å². The molecule has 3 rings (SSSR count). The van der Waals surface area contributed by atoms with E-state index in [-0.39, 0.29) is 18.1 Å². The maximum absolute atomic E-state index is 12.6. The molecule has 0 aromatic heterocycles. The first-order valence-corrected chi connectivity index (χ1v) is 9.37. The largest absolute Gasteiger partial charge is 0.491 e. The third kappa shape index (κ3) is 4.64. The zero-order chi connectivity index (χ0) is 18.5. The number of carbonyl (C=O) groups excluding carboxylic acids is 1. The lowest BCUT2D eigenvalue weighted by Crippen LogP contribution is -2.46. The second-order valence-corrected chi connectivity index (χ2v) is 7.20. The summed E-state index contributed by atoms with van der Waals surface area (Å²) in [5.74, 6) is 0.909. The molecular weight excluding hydrogens is 324 g/mol. The Hall–Kier alpha value is -2.33. The van der Waals surface area contributed by atoms with Crippen LogP contribution in [0.5, 0.6) is 5.75 Å². The SMILES string of the molecule is CC(C)Oc1cccc(CNC(=O)C(C)N2CCc3ccccc3C2)c1. The van der Waals surface area contributed by atoms with Crippen LogP contribution in [-0.4, -0.2) is 29.5 Å². The third-order valence-electron chi connectivity index (χ3n) is 4.82. The predicted octanol–water partition coefficient (Wildman–Crippen LogP) is 3.54. The molecule has 0 aliphatic carbocycles. The van der Waals surface area contributed by atoms with Crippen molar-refractivity contribution < 1.29 is 9.53 Å². The van der Waals surface area contributed by atoms with Gasteiger partial charge in [-0.2, -0.15) is 0 Å². The molecule has 1 heterocycles. The zero-order valence-corrected chi connectivity index (χ0v) is 15.9. The fourth-order valence-electron chi connectivity index (χ4n) is 3.35. The van der Waals surface area contributed by atoms with Crippen LogP contribution in [0.25, 0.3) is 0 Å². The van der Waals surface area contributed by atoms with Crippen LogP contribution in [0.4, 0.5) is 0 Å². The Balaban J connectivity index is 1.55. The molecule has 1 atom stereocenters. The van der Waals surface area contributed by atoms with Crippen LogP contribution in [0, 0.1) is 0 Å². The third-order valence-corrected chi connectivity index (χ3v) is 4.82. The minimum atomic E-state index is -0.140. The smallest absolute Gasteiger partial charge is 0.237 e. The molecular formula is C22H28N2O2. The predicted molar refractivity (Wildman–Crippen MR) is 104 cm³/mol. The van der Waals surface area contributed by atoms with Gasteiger partial charge >= 0.3 is 0 Å². The van der Waals surface area contributed by atoms with Crippen LogP contribution in [0.15, 0.2) is 48.5 Å². The fraction of sp³-hybridized carbons (Fsp3) is 0.409. The van der Waals surface area contributed by atoms with Crippen molar-refractivity contribution in [1.29, 1.82) is 0 Å². The molecule has 0 spiro atoms. The monoisotopic (exact) mass is 352 g/mol. The zero-order valence-electron chi connectivity index (χ0n) is 15.9. The number of carbonyl (C=O) groups is 1. The highest BCUT2D eigenvalue weighted by molar-refractivity contribution is 5.81. The Bertz CT molecular complexity index is 757. The van der Waals surface area contributed by atoms with E-state index in [1.54, 1.807) is 0 Å². The second kappa shape index (κ2) is 8.37. The normalized spacial score (nSPS) is 15.4. The quantitative estimate of drug-likeness (QED) is 0.865. The number of nitrogens with one attached hydrogen (secondary N) is 1. The van der Waals surface area contributed by atoms with E-state index in [4.69, 9.17) is 4.74 Å². The molecule has 0 radical (unpaired) electrons. The summed E-state index contributed by atoms with van der Waals surface area (Å²) in [7, 11) is 0. The Kier molecular flexibility index (Phi) is 5.94. The maximum Gasteiger partial charge on any atom is 0.237 e. The van der Waals surface area contributed by atoms with E-state index >= 15 is 0 Å². The van der Waals surface area contributed by atoms with E-state index in [0.29, 0.717) is 6.54 Å². The summed E-state index contributed by atoms with van der Waals surface area (Å²) in [5.41, 5.74) is 3.78. The van der Waals surface area contributed by atoms with E-state index in [1.165, 1.54) is 11.1 Å². The fourth-order valence-corrected chi connectivity index (χ4v) is 3.35. The van der Waals surface area contributed by atoms with Gasteiger partial charge < -0.3 is 10.1 Å². The first kappa shape index (κ1) is 18.5. The highest BCUT2D eigenvalue weighted by Gasteiger charge is 2.24. The van der Waals surface area contributed by atoms with Crippen molar-refractivity contribution in [2.45, 2.75) is 52.4 Å². The molecule has 4 heteroatoms. The maximum atomic E-state index is 12.6. The van der Waals surface area contributed by atoms with Gasteiger partial charge in [0.05, 0.1) is 12.1 Å². The van der Waals surface area contributed by atoms with E-state index in [1.807, 2.05) is 45.0 Å². The van der Waals surface area contributed by atoms with Crippen molar-refractivity contribution >= 4 is 5.91 Å². The summed E-state index contributed by atoms with van der Waals surface area (Å²) >= 11 is 0. The van der Waals surface area contributed by atoms with Crippen LogP contribution < -0.4 is 10.1 Å². The summed E-state index contributed by atoms with van der Waals surface area (Å²) in [4.78, 5) is 14.9. The lowest BCUT2D eigenvalue weighted by molar-refractivity contribution is -0.126. The molecule has 2 aromatic carbocycles. The van der Waals surface area contributed by atoms with Gasteiger partial charge in [-0.25, -0.2) is 0 Å². The van der Waals surface area contributed by atoms with Gasteiger partial charge in [-0.1, -0.05) is 36.4 Å². The average molecular weight is 352 g/mol. The number of ether oxygens (including phenoxy) is 1. The van der Waals surface area contributed by atoms with E-state index in [2.05, 4.69) is 34.5 Å².